The molecule has 1 atom stereocenters. The van der Waals surface area contributed by atoms with Crippen LogP contribution in [0.1, 0.15) is 23.2 Å². The maximum absolute atomic E-state index is 11.9. The Hall–Kier alpha value is -1.07. The Balaban J connectivity index is 2.01. The maximum Gasteiger partial charge on any atom is 0.251 e. The number of ether oxygens (including phenoxy) is 1. The van der Waals surface area contributed by atoms with E-state index in [1.165, 1.54) is 0 Å². The lowest BCUT2D eigenvalue weighted by molar-refractivity contribution is 0.0624. The van der Waals surface area contributed by atoms with Gasteiger partial charge in [0.05, 0.1) is 12.6 Å². The highest BCUT2D eigenvalue weighted by Gasteiger charge is 2.17. The molecule has 0 aliphatic carbocycles. The van der Waals surface area contributed by atoms with Crippen molar-refractivity contribution in [3.63, 3.8) is 0 Å². The van der Waals surface area contributed by atoms with Gasteiger partial charge in [0.15, 0.2) is 0 Å². The fraction of sp³-hybridized carbons (Fsp3) is 0.417. The number of benzene rings is 1. The van der Waals surface area contributed by atoms with Gasteiger partial charge in [-0.1, -0.05) is 0 Å². The Morgan fingerprint density at radius 1 is 1.53 bits per heavy atom. The Bertz CT molecular complexity index is 417. The van der Waals surface area contributed by atoms with Gasteiger partial charge in [-0.3, -0.25) is 4.79 Å². The zero-order valence-corrected chi connectivity index (χ0v) is 11.0. The van der Waals surface area contributed by atoms with E-state index < -0.39 is 0 Å². The van der Waals surface area contributed by atoms with Gasteiger partial charge in [0.2, 0.25) is 0 Å². The average Bonchev–Trinajstić information content (AvgIpc) is 2.34. The van der Waals surface area contributed by atoms with Crippen LogP contribution in [0.2, 0.25) is 0 Å². The van der Waals surface area contributed by atoms with Crippen LogP contribution >= 0.6 is 15.9 Å². The monoisotopic (exact) mass is 298 g/mol. The van der Waals surface area contributed by atoms with E-state index in [2.05, 4.69) is 21.2 Å². The lowest BCUT2D eigenvalue weighted by atomic mass is 10.1. The molecule has 1 unspecified atom stereocenters. The molecule has 3 N–H and O–H groups in total. The van der Waals surface area contributed by atoms with Crippen LogP contribution in [0.15, 0.2) is 22.7 Å². The number of nitrogen functional groups attached to an aromatic ring is 1. The number of halogens is 1. The lowest BCUT2D eigenvalue weighted by Gasteiger charge is -2.23. The van der Waals surface area contributed by atoms with Gasteiger partial charge in [-0.25, -0.2) is 0 Å². The quantitative estimate of drug-likeness (QED) is 0.820. The second-order valence-corrected chi connectivity index (χ2v) is 4.98. The smallest absolute Gasteiger partial charge is 0.251 e. The minimum Gasteiger partial charge on any atom is -0.398 e. The van der Waals surface area contributed by atoms with Crippen LogP contribution in [0, 0.1) is 0 Å². The van der Waals surface area contributed by atoms with Crippen molar-refractivity contribution in [1.82, 2.24) is 5.32 Å². The molecule has 92 valence electrons. The van der Waals surface area contributed by atoms with E-state index in [9.17, 15) is 4.79 Å². The second-order valence-electron chi connectivity index (χ2n) is 4.12. The second kappa shape index (κ2) is 5.51. The topological polar surface area (TPSA) is 64.4 Å². The summed E-state index contributed by atoms with van der Waals surface area (Å²) in [5.74, 6) is -0.0822. The fourth-order valence-electron chi connectivity index (χ4n) is 1.79. The van der Waals surface area contributed by atoms with Crippen LogP contribution in [-0.2, 0) is 4.74 Å². The van der Waals surface area contributed by atoms with Gasteiger partial charge >= 0.3 is 0 Å². The van der Waals surface area contributed by atoms with E-state index in [1.807, 2.05) is 0 Å². The lowest BCUT2D eigenvalue weighted by Crippen LogP contribution is -2.40. The van der Waals surface area contributed by atoms with E-state index in [-0.39, 0.29) is 11.9 Å². The predicted octanol–water partition coefficient (Wildman–Crippen LogP) is 1.94. The Morgan fingerprint density at radius 2 is 2.35 bits per heavy atom. The summed E-state index contributed by atoms with van der Waals surface area (Å²) in [7, 11) is 0. The minimum absolute atomic E-state index is 0.0822. The molecule has 1 aliphatic heterocycles. The first-order valence-electron chi connectivity index (χ1n) is 5.60. The molecule has 17 heavy (non-hydrogen) atoms. The summed E-state index contributed by atoms with van der Waals surface area (Å²) < 4.78 is 6.06. The van der Waals surface area contributed by atoms with E-state index in [4.69, 9.17) is 10.5 Å². The molecule has 0 aromatic heterocycles. The molecular weight excluding hydrogens is 284 g/mol. The molecule has 5 heteroatoms. The molecule has 1 heterocycles. The molecule has 1 aromatic carbocycles. The van der Waals surface area contributed by atoms with Crippen LogP contribution in [0.4, 0.5) is 5.69 Å². The Kier molecular flexibility index (Phi) is 4.02. The summed E-state index contributed by atoms with van der Waals surface area (Å²) >= 11 is 3.31. The standard InChI is InChI=1S/C12H15BrN2O2/c13-10-6-8(3-4-11(10)14)12(16)15-9-2-1-5-17-7-9/h3-4,6,9H,1-2,5,7,14H2,(H,15,16). The summed E-state index contributed by atoms with van der Waals surface area (Å²) in [5.41, 5.74) is 6.91. The summed E-state index contributed by atoms with van der Waals surface area (Å²) in [6, 6.07) is 5.29. The number of anilines is 1. The molecule has 4 nitrogen and oxygen atoms in total. The van der Waals surface area contributed by atoms with Crippen LogP contribution in [0.5, 0.6) is 0 Å². The first-order chi connectivity index (χ1) is 8.16. The zero-order valence-electron chi connectivity index (χ0n) is 9.41. The predicted molar refractivity (Wildman–Crippen MR) is 69.9 cm³/mol. The number of carbonyl (C=O) groups is 1. The third-order valence-electron chi connectivity index (χ3n) is 2.76. The normalized spacial score (nSPS) is 19.9. The third-order valence-corrected chi connectivity index (χ3v) is 3.44. The summed E-state index contributed by atoms with van der Waals surface area (Å²) in [6.07, 6.45) is 1.97. The summed E-state index contributed by atoms with van der Waals surface area (Å²) in [6.45, 7) is 1.39. The van der Waals surface area contributed by atoms with Gasteiger partial charge in [0.25, 0.3) is 5.91 Å². The van der Waals surface area contributed by atoms with Crippen LogP contribution in [0.3, 0.4) is 0 Å². The first kappa shape index (κ1) is 12.4. The number of nitrogens with one attached hydrogen (secondary N) is 1. The molecule has 2 rings (SSSR count). The molecule has 0 bridgehead atoms. The molecule has 1 fully saturated rings. The zero-order chi connectivity index (χ0) is 12.3. The van der Waals surface area contributed by atoms with Crippen molar-refractivity contribution >= 4 is 27.5 Å². The number of carbonyl (C=O) groups excluding carboxylic acids is 1. The highest BCUT2D eigenvalue weighted by Crippen LogP contribution is 2.20. The van der Waals surface area contributed by atoms with Crippen molar-refractivity contribution in [1.29, 1.82) is 0 Å². The van der Waals surface area contributed by atoms with Crippen molar-refractivity contribution < 1.29 is 9.53 Å². The van der Waals surface area contributed by atoms with Gasteiger partial charge in [-0.2, -0.15) is 0 Å². The van der Waals surface area contributed by atoms with Gasteiger partial charge < -0.3 is 15.8 Å². The number of rotatable bonds is 2. The van der Waals surface area contributed by atoms with Crippen LogP contribution in [0.25, 0.3) is 0 Å². The van der Waals surface area contributed by atoms with Gasteiger partial charge in [0.1, 0.15) is 0 Å². The molecule has 1 aliphatic rings. The molecule has 0 spiro atoms. The van der Waals surface area contributed by atoms with Crippen molar-refractivity contribution in [3.05, 3.63) is 28.2 Å². The van der Waals surface area contributed by atoms with E-state index in [1.54, 1.807) is 18.2 Å². The fourth-order valence-corrected chi connectivity index (χ4v) is 2.17. The summed E-state index contributed by atoms with van der Waals surface area (Å²) in [5, 5.41) is 2.96. The molecule has 1 amide bonds. The summed E-state index contributed by atoms with van der Waals surface area (Å²) in [4.78, 5) is 11.9. The molecule has 0 radical (unpaired) electrons. The van der Waals surface area contributed by atoms with Crippen molar-refractivity contribution in [2.75, 3.05) is 18.9 Å². The van der Waals surface area contributed by atoms with E-state index in [0.717, 1.165) is 23.9 Å². The average molecular weight is 299 g/mol. The number of nitrogens with two attached hydrogens (primary N) is 1. The van der Waals surface area contributed by atoms with Crippen LogP contribution < -0.4 is 11.1 Å². The van der Waals surface area contributed by atoms with Crippen molar-refractivity contribution in [2.24, 2.45) is 0 Å². The molecule has 1 aromatic rings. The largest absolute Gasteiger partial charge is 0.398 e. The van der Waals surface area contributed by atoms with Gasteiger partial charge in [-0.05, 0) is 47.0 Å². The van der Waals surface area contributed by atoms with Crippen molar-refractivity contribution in [2.45, 2.75) is 18.9 Å². The first-order valence-corrected chi connectivity index (χ1v) is 6.40. The number of hydrogen-bond donors (Lipinski definition) is 2. The van der Waals surface area contributed by atoms with E-state index >= 15 is 0 Å². The Morgan fingerprint density at radius 3 is 3.00 bits per heavy atom. The minimum atomic E-state index is -0.0822. The van der Waals surface area contributed by atoms with E-state index in [0.29, 0.717) is 17.9 Å². The highest BCUT2D eigenvalue weighted by molar-refractivity contribution is 9.10. The van der Waals surface area contributed by atoms with Gasteiger partial charge in [-0.15, -0.1) is 0 Å². The Labute approximate surface area is 109 Å². The number of hydrogen-bond acceptors (Lipinski definition) is 3. The van der Waals surface area contributed by atoms with Crippen LogP contribution in [-0.4, -0.2) is 25.2 Å². The SMILES string of the molecule is Nc1ccc(C(=O)NC2CCCOC2)cc1Br. The van der Waals surface area contributed by atoms with Gasteiger partial charge in [0, 0.05) is 22.3 Å². The maximum atomic E-state index is 11.9. The highest BCUT2D eigenvalue weighted by atomic mass is 79.9. The molecular formula is C12H15BrN2O2. The molecule has 1 saturated heterocycles. The number of amides is 1. The molecule has 0 saturated carbocycles. The third kappa shape index (κ3) is 3.20. The van der Waals surface area contributed by atoms with Crippen molar-refractivity contribution in [3.8, 4) is 0 Å².